The standard InChI is InChI=1S/C34H53N3O/c1-27(2)16-20-35-31(24-29(5)6)25-36-21-18-33(19-22-36)37(23-17-28(3)4)32-12-14-34(15-13-32)38-26-30-10-8-7-9-11-30/h7-15,17,27,29,31,33,35H,16,18-26H2,1-6H3. The summed E-state index contributed by atoms with van der Waals surface area (Å²) in [4.78, 5) is 5.31. The highest BCUT2D eigenvalue weighted by Gasteiger charge is 2.26. The molecule has 0 bridgehead atoms. The van der Waals surface area contributed by atoms with E-state index in [-0.39, 0.29) is 0 Å². The highest BCUT2D eigenvalue weighted by Crippen LogP contribution is 2.27. The van der Waals surface area contributed by atoms with Crippen molar-refractivity contribution >= 4 is 5.69 Å². The first-order chi connectivity index (χ1) is 18.3. The average molecular weight is 520 g/mol. The van der Waals surface area contributed by atoms with Crippen molar-refractivity contribution in [2.24, 2.45) is 11.8 Å². The van der Waals surface area contributed by atoms with E-state index in [2.05, 4.69) is 111 Å². The molecule has 38 heavy (non-hydrogen) atoms. The lowest BCUT2D eigenvalue weighted by molar-refractivity contribution is 0.181. The molecule has 1 heterocycles. The summed E-state index contributed by atoms with van der Waals surface area (Å²) in [6.45, 7) is 19.9. The van der Waals surface area contributed by atoms with Gasteiger partial charge < -0.3 is 19.9 Å². The molecule has 0 radical (unpaired) electrons. The molecule has 0 aromatic heterocycles. The van der Waals surface area contributed by atoms with Crippen LogP contribution < -0.4 is 15.0 Å². The van der Waals surface area contributed by atoms with Crippen LogP contribution in [0.5, 0.6) is 5.75 Å². The van der Waals surface area contributed by atoms with E-state index >= 15 is 0 Å². The maximum absolute atomic E-state index is 6.05. The van der Waals surface area contributed by atoms with E-state index in [1.807, 2.05) is 6.07 Å². The second kappa shape index (κ2) is 16.0. The molecule has 1 atom stereocenters. The van der Waals surface area contributed by atoms with Crippen molar-refractivity contribution in [3.8, 4) is 5.75 Å². The zero-order chi connectivity index (χ0) is 27.3. The van der Waals surface area contributed by atoms with Gasteiger partial charge in [-0.15, -0.1) is 0 Å². The van der Waals surface area contributed by atoms with Crippen LogP contribution in [-0.4, -0.2) is 49.7 Å². The lowest BCUT2D eigenvalue weighted by Crippen LogP contribution is -2.49. The molecule has 3 rings (SSSR count). The molecule has 2 aromatic carbocycles. The third kappa shape index (κ3) is 10.8. The van der Waals surface area contributed by atoms with Gasteiger partial charge in [-0.3, -0.25) is 0 Å². The SMILES string of the molecule is CC(C)=CCN(c1ccc(OCc2ccccc2)cc1)C1CCN(CC(CC(C)C)NCCC(C)C)CC1. The van der Waals surface area contributed by atoms with Crippen LogP contribution in [0.1, 0.15) is 72.8 Å². The molecular weight excluding hydrogens is 466 g/mol. The van der Waals surface area contributed by atoms with E-state index in [1.54, 1.807) is 0 Å². The number of allylic oxidation sites excluding steroid dienone is 1. The van der Waals surface area contributed by atoms with Crippen molar-refractivity contribution in [1.29, 1.82) is 0 Å². The van der Waals surface area contributed by atoms with Crippen molar-refractivity contribution in [2.45, 2.75) is 85.9 Å². The van der Waals surface area contributed by atoms with Crippen molar-refractivity contribution < 1.29 is 4.74 Å². The lowest BCUT2D eigenvalue weighted by atomic mass is 9.99. The number of rotatable bonds is 15. The largest absolute Gasteiger partial charge is 0.489 e. The fraction of sp³-hybridized carbons (Fsp3) is 0.588. The maximum atomic E-state index is 6.05. The smallest absolute Gasteiger partial charge is 0.119 e. The zero-order valence-electron chi connectivity index (χ0n) is 25.0. The van der Waals surface area contributed by atoms with Gasteiger partial charge in [0.25, 0.3) is 0 Å². The van der Waals surface area contributed by atoms with E-state index < -0.39 is 0 Å². The van der Waals surface area contributed by atoms with Gasteiger partial charge in [-0.05, 0) is 87.7 Å². The molecule has 0 aliphatic carbocycles. The molecule has 0 amide bonds. The highest BCUT2D eigenvalue weighted by molar-refractivity contribution is 5.51. The van der Waals surface area contributed by atoms with Crippen LogP contribution in [0.4, 0.5) is 5.69 Å². The summed E-state index contributed by atoms with van der Waals surface area (Å²) in [6, 6.07) is 20.3. The Kier molecular flexibility index (Phi) is 12.7. The minimum absolute atomic E-state index is 0.565. The highest BCUT2D eigenvalue weighted by atomic mass is 16.5. The Bertz CT molecular complexity index is 926. The summed E-state index contributed by atoms with van der Waals surface area (Å²) in [6.07, 6.45) is 7.30. The van der Waals surface area contributed by atoms with E-state index in [0.29, 0.717) is 18.7 Å². The second-order valence-electron chi connectivity index (χ2n) is 12.2. The molecule has 1 aliphatic heterocycles. The average Bonchev–Trinajstić information content (AvgIpc) is 2.89. The van der Waals surface area contributed by atoms with Gasteiger partial charge in [-0.1, -0.05) is 69.7 Å². The Morgan fingerprint density at radius 2 is 1.66 bits per heavy atom. The molecule has 0 saturated carbocycles. The molecule has 4 nitrogen and oxygen atoms in total. The summed E-state index contributed by atoms with van der Waals surface area (Å²) in [7, 11) is 0. The summed E-state index contributed by atoms with van der Waals surface area (Å²) in [5.74, 6) is 2.41. The fourth-order valence-corrected chi connectivity index (χ4v) is 5.31. The van der Waals surface area contributed by atoms with Gasteiger partial charge in [0.2, 0.25) is 0 Å². The number of benzene rings is 2. The minimum Gasteiger partial charge on any atom is -0.489 e. The number of piperidine rings is 1. The summed E-state index contributed by atoms with van der Waals surface area (Å²) in [5.41, 5.74) is 3.86. The van der Waals surface area contributed by atoms with Crippen LogP contribution in [0.15, 0.2) is 66.2 Å². The van der Waals surface area contributed by atoms with Gasteiger partial charge in [0, 0.05) is 44.0 Å². The molecule has 1 aliphatic rings. The number of hydrogen-bond donors (Lipinski definition) is 1. The van der Waals surface area contributed by atoms with Crippen molar-refractivity contribution in [3.63, 3.8) is 0 Å². The number of ether oxygens (including phenoxy) is 1. The molecule has 1 fully saturated rings. The Morgan fingerprint density at radius 1 is 0.974 bits per heavy atom. The van der Waals surface area contributed by atoms with E-state index in [1.165, 1.54) is 62.1 Å². The molecule has 2 aromatic rings. The quantitative estimate of drug-likeness (QED) is 0.246. The van der Waals surface area contributed by atoms with Crippen molar-refractivity contribution in [2.75, 3.05) is 37.6 Å². The fourth-order valence-electron chi connectivity index (χ4n) is 5.31. The van der Waals surface area contributed by atoms with Gasteiger partial charge in [-0.2, -0.15) is 0 Å². The van der Waals surface area contributed by atoms with E-state index in [0.717, 1.165) is 30.7 Å². The molecule has 0 spiro atoms. The maximum Gasteiger partial charge on any atom is 0.119 e. The van der Waals surface area contributed by atoms with Crippen LogP contribution in [0.2, 0.25) is 0 Å². The number of likely N-dealkylation sites (tertiary alicyclic amines) is 1. The third-order valence-electron chi connectivity index (χ3n) is 7.50. The number of nitrogens with zero attached hydrogens (tertiary/aromatic N) is 2. The Morgan fingerprint density at radius 3 is 2.26 bits per heavy atom. The molecule has 4 heteroatoms. The van der Waals surface area contributed by atoms with Crippen LogP contribution in [0.25, 0.3) is 0 Å². The first-order valence-electron chi connectivity index (χ1n) is 14.9. The monoisotopic (exact) mass is 519 g/mol. The number of hydrogen-bond acceptors (Lipinski definition) is 4. The Labute approximate surface area is 233 Å². The normalized spacial score (nSPS) is 15.6. The van der Waals surface area contributed by atoms with Crippen molar-refractivity contribution in [3.05, 3.63) is 71.8 Å². The van der Waals surface area contributed by atoms with Crippen LogP contribution >= 0.6 is 0 Å². The summed E-state index contributed by atoms with van der Waals surface area (Å²) >= 11 is 0. The van der Waals surface area contributed by atoms with Gasteiger partial charge in [0.1, 0.15) is 12.4 Å². The van der Waals surface area contributed by atoms with Gasteiger partial charge in [0.15, 0.2) is 0 Å². The van der Waals surface area contributed by atoms with Gasteiger partial charge >= 0.3 is 0 Å². The first kappa shape index (κ1) is 30.2. The predicted octanol–water partition coefficient (Wildman–Crippen LogP) is 7.55. The summed E-state index contributed by atoms with van der Waals surface area (Å²) in [5, 5.41) is 3.88. The molecule has 1 N–H and O–H groups in total. The topological polar surface area (TPSA) is 27.7 Å². The Balaban J connectivity index is 1.58. The second-order valence-corrected chi connectivity index (χ2v) is 12.2. The van der Waals surface area contributed by atoms with E-state index in [4.69, 9.17) is 4.74 Å². The lowest BCUT2D eigenvalue weighted by Gasteiger charge is -2.40. The zero-order valence-corrected chi connectivity index (χ0v) is 25.0. The van der Waals surface area contributed by atoms with Crippen LogP contribution in [0.3, 0.4) is 0 Å². The van der Waals surface area contributed by atoms with Gasteiger partial charge in [0.05, 0.1) is 0 Å². The summed E-state index contributed by atoms with van der Waals surface area (Å²) < 4.78 is 6.05. The van der Waals surface area contributed by atoms with Gasteiger partial charge in [-0.25, -0.2) is 0 Å². The van der Waals surface area contributed by atoms with Crippen LogP contribution in [-0.2, 0) is 6.61 Å². The van der Waals surface area contributed by atoms with E-state index in [9.17, 15) is 0 Å². The number of anilines is 1. The van der Waals surface area contributed by atoms with Crippen molar-refractivity contribution in [1.82, 2.24) is 10.2 Å². The first-order valence-corrected chi connectivity index (χ1v) is 14.9. The molecular formula is C34H53N3O. The van der Waals surface area contributed by atoms with Crippen LogP contribution in [0, 0.1) is 11.8 Å². The Hall–Kier alpha value is -2.30. The molecule has 1 saturated heterocycles. The number of nitrogens with one attached hydrogen (secondary N) is 1. The third-order valence-corrected chi connectivity index (χ3v) is 7.50. The minimum atomic E-state index is 0.565. The molecule has 210 valence electrons. The molecule has 1 unspecified atom stereocenters. The predicted molar refractivity (Wildman–Crippen MR) is 164 cm³/mol.